The Balaban J connectivity index is 1.67. The molecule has 1 saturated carbocycles. The molecule has 4 fully saturated rings. The standard InChI is InChI=1S/C21H28N2O3/c1-4-13-11-22(2)18-10-21(19-9-14(13)15(18)12-26-19)16-7-5-6-8-17(16)23(25-3)20(21)24/h5-8,13-15,18-19H,4,9-12H2,1-3H3. The van der Waals surface area contributed by atoms with Crippen molar-refractivity contribution in [2.75, 3.05) is 32.4 Å². The van der Waals surface area contributed by atoms with Crippen molar-refractivity contribution >= 4 is 11.6 Å². The summed E-state index contributed by atoms with van der Waals surface area (Å²) in [6.45, 7) is 4.22. The number of carbonyl (C=O) groups is 1. The predicted octanol–water partition coefficient (Wildman–Crippen LogP) is 2.60. The van der Waals surface area contributed by atoms with Crippen LogP contribution in [0, 0.1) is 17.8 Å². The van der Waals surface area contributed by atoms with E-state index in [4.69, 9.17) is 9.57 Å². The summed E-state index contributed by atoms with van der Waals surface area (Å²) in [6.07, 6.45) is 2.97. The van der Waals surface area contributed by atoms with Gasteiger partial charge in [-0.05, 0) is 43.4 Å². The Kier molecular flexibility index (Phi) is 3.72. The van der Waals surface area contributed by atoms with Gasteiger partial charge in [0.15, 0.2) is 0 Å². The highest BCUT2D eigenvalue weighted by Gasteiger charge is 2.64. The van der Waals surface area contributed by atoms with E-state index >= 15 is 0 Å². The zero-order valence-electron chi connectivity index (χ0n) is 15.9. The molecule has 1 spiro atoms. The first-order valence-electron chi connectivity index (χ1n) is 9.91. The van der Waals surface area contributed by atoms with Crippen LogP contribution in [0.4, 0.5) is 5.69 Å². The van der Waals surface area contributed by atoms with Gasteiger partial charge in [-0.25, -0.2) is 0 Å². The molecular formula is C21H28N2O3. The zero-order valence-corrected chi connectivity index (χ0v) is 15.9. The number of hydroxylamine groups is 1. The highest BCUT2D eigenvalue weighted by molar-refractivity contribution is 6.07. The molecule has 6 unspecified atom stereocenters. The highest BCUT2D eigenvalue weighted by Crippen LogP contribution is 2.57. The lowest BCUT2D eigenvalue weighted by Gasteiger charge is -2.48. The van der Waals surface area contributed by atoms with Gasteiger partial charge in [-0.1, -0.05) is 31.5 Å². The van der Waals surface area contributed by atoms with Crippen molar-refractivity contribution in [2.45, 2.75) is 43.7 Å². The minimum absolute atomic E-state index is 0.0527. The molecule has 3 saturated heterocycles. The van der Waals surface area contributed by atoms with Gasteiger partial charge in [0.05, 0.1) is 25.5 Å². The number of likely N-dealkylation sites (tertiary alicyclic amines) is 1. The van der Waals surface area contributed by atoms with Crippen LogP contribution in [0.3, 0.4) is 0 Å². The van der Waals surface area contributed by atoms with E-state index < -0.39 is 5.41 Å². The number of para-hydroxylation sites is 1. The van der Waals surface area contributed by atoms with Crippen molar-refractivity contribution in [2.24, 2.45) is 17.8 Å². The van der Waals surface area contributed by atoms with Gasteiger partial charge in [0.25, 0.3) is 5.91 Å². The quantitative estimate of drug-likeness (QED) is 0.817. The Labute approximate surface area is 155 Å². The number of anilines is 1. The van der Waals surface area contributed by atoms with Crippen molar-refractivity contribution in [3.8, 4) is 0 Å². The number of hydrogen-bond acceptors (Lipinski definition) is 4. The fourth-order valence-corrected chi connectivity index (χ4v) is 6.41. The maximum Gasteiger partial charge on any atom is 0.264 e. The van der Waals surface area contributed by atoms with E-state index in [1.54, 1.807) is 7.11 Å². The maximum atomic E-state index is 13.7. The van der Waals surface area contributed by atoms with Crippen LogP contribution in [0.25, 0.3) is 0 Å². The molecule has 0 aromatic heterocycles. The van der Waals surface area contributed by atoms with Gasteiger partial charge >= 0.3 is 0 Å². The van der Waals surface area contributed by atoms with E-state index in [9.17, 15) is 4.79 Å². The van der Waals surface area contributed by atoms with Crippen LogP contribution >= 0.6 is 0 Å². The summed E-state index contributed by atoms with van der Waals surface area (Å²) in [5.74, 6) is 1.95. The van der Waals surface area contributed by atoms with Crippen molar-refractivity contribution < 1.29 is 14.4 Å². The Morgan fingerprint density at radius 1 is 1.31 bits per heavy atom. The van der Waals surface area contributed by atoms with Crippen LogP contribution in [0.5, 0.6) is 0 Å². The summed E-state index contributed by atoms with van der Waals surface area (Å²) in [5.41, 5.74) is 1.36. The van der Waals surface area contributed by atoms with Crippen LogP contribution in [0.15, 0.2) is 24.3 Å². The normalized spacial score (nSPS) is 41.6. The number of amides is 1. The molecule has 0 radical (unpaired) electrons. The molecule has 6 rings (SSSR count). The van der Waals surface area contributed by atoms with Gasteiger partial charge in [-0.15, -0.1) is 0 Å². The maximum absolute atomic E-state index is 13.7. The molecule has 4 bridgehead atoms. The minimum Gasteiger partial charge on any atom is -0.376 e. The number of carbonyl (C=O) groups excluding carboxylic acids is 1. The van der Waals surface area contributed by atoms with E-state index in [2.05, 4.69) is 24.9 Å². The second-order valence-electron chi connectivity index (χ2n) is 8.54. The van der Waals surface area contributed by atoms with E-state index in [0.717, 1.165) is 37.2 Å². The molecule has 5 nitrogen and oxygen atoms in total. The molecule has 26 heavy (non-hydrogen) atoms. The fourth-order valence-electron chi connectivity index (χ4n) is 6.41. The Hall–Kier alpha value is -1.43. The number of nitrogens with zero attached hydrogens (tertiary/aromatic N) is 2. The monoisotopic (exact) mass is 356 g/mol. The average Bonchev–Trinajstić information content (AvgIpc) is 2.77. The van der Waals surface area contributed by atoms with Gasteiger partial charge in [-0.2, -0.15) is 5.06 Å². The molecule has 5 heteroatoms. The number of hydrogen-bond donors (Lipinski definition) is 0. The van der Waals surface area contributed by atoms with Gasteiger partial charge in [0, 0.05) is 18.5 Å². The van der Waals surface area contributed by atoms with Crippen LogP contribution in [-0.2, 0) is 19.8 Å². The molecule has 1 aromatic carbocycles. The summed E-state index contributed by atoms with van der Waals surface area (Å²) >= 11 is 0. The third-order valence-corrected chi connectivity index (χ3v) is 7.67. The molecule has 4 heterocycles. The highest BCUT2D eigenvalue weighted by atomic mass is 16.7. The summed E-state index contributed by atoms with van der Waals surface area (Å²) in [5, 5.41) is 1.50. The van der Waals surface area contributed by atoms with Crippen LogP contribution < -0.4 is 5.06 Å². The zero-order chi connectivity index (χ0) is 18.1. The first-order chi connectivity index (χ1) is 12.6. The topological polar surface area (TPSA) is 42.0 Å². The third kappa shape index (κ3) is 1.94. The molecule has 5 aliphatic rings. The number of benzene rings is 1. The van der Waals surface area contributed by atoms with Gasteiger partial charge < -0.3 is 9.64 Å². The number of fused-ring (bicyclic) bond motifs is 2. The van der Waals surface area contributed by atoms with Crippen LogP contribution in [-0.4, -0.2) is 50.3 Å². The van der Waals surface area contributed by atoms with Gasteiger partial charge in [0.1, 0.15) is 5.41 Å². The predicted molar refractivity (Wildman–Crippen MR) is 98.8 cm³/mol. The molecule has 1 amide bonds. The molecule has 0 N–H and O–H groups in total. The lowest BCUT2D eigenvalue weighted by atomic mass is 9.70. The van der Waals surface area contributed by atoms with Gasteiger partial charge in [0.2, 0.25) is 0 Å². The van der Waals surface area contributed by atoms with Crippen LogP contribution in [0.1, 0.15) is 31.7 Å². The molecule has 4 aliphatic heterocycles. The molecule has 1 aliphatic carbocycles. The SMILES string of the molecule is CCC1CN(C)C2CC3(C(=O)N(OC)c4ccccc43)C3CC1C2CO3. The van der Waals surface area contributed by atoms with Crippen LogP contribution in [0.2, 0.25) is 0 Å². The summed E-state index contributed by atoms with van der Waals surface area (Å²) < 4.78 is 6.41. The first-order valence-corrected chi connectivity index (χ1v) is 9.91. The van der Waals surface area contributed by atoms with Crippen molar-refractivity contribution in [1.82, 2.24) is 4.90 Å². The minimum atomic E-state index is -0.613. The second kappa shape index (κ2) is 5.78. The lowest BCUT2D eigenvalue weighted by Crippen LogP contribution is -2.53. The Morgan fingerprint density at radius 2 is 2.12 bits per heavy atom. The van der Waals surface area contributed by atoms with Crippen molar-refractivity contribution in [3.05, 3.63) is 29.8 Å². The largest absolute Gasteiger partial charge is 0.376 e. The average molecular weight is 356 g/mol. The molecule has 140 valence electrons. The second-order valence-corrected chi connectivity index (χ2v) is 8.54. The smallest absolute Gasteiger partial charge is 0.264 e. The number of rotatable bonds is 2. The molecule has 6 atom stereocenters. The summed E-state index contributed by atoms with van der Waals surface area (Å²) in [6, 6.07) is 8.51. The number of piperidine rings is 1. The van der Waals surface area contributed by atoms with E-state index in [0.29, 0.717) is 23.8 Å². The summed E-state index contributed by atoms with van der Waals surface area (Å²) in [7, 11) is 3.82. The van der Waals surface area contributed by atoms with Crippen molar-refractivity contribution in [3.63, 3.8) is 0 Å². The first kappa shape index (κ1) is 16.7. The van der Waals surface area contributed by atoms with Crippen molar-refractivity contribution in [1.29, 1.82) is 0 Å². The number of ether oxygens (including phenoxy) is 1. The summed E-state index contributed by atoms with van der Waals surface area (Å²) in [4.78, 5) is 21.7. The Morgan fingerprint density at radius 3 is 2.88 bits per heavy atom. The fraction of sp³-hybridized carbons (Fsp3) is 0.667. The van der Waals surface area contributed by atoms with Gasteiger partial charge in [-0.3, -0.25) is 9.63 Å². The third-order valence-electron chi connectivity index (χ3n) is 7.67. The van der Waals surface area contributed by atoms with E-state index in [-0.39, 0.29) is 12.0 Å². The molecular weight excluding hydrogens is 328 g/mol. The van der Waals surface area contributed by atoms with E-state index in [1.165, 1.54) is 11.5 Å². The lowest BCUT2D eigenvalue weighted by molar-refractivity contribution is -0.139. The molecule has 1 aromatic rings. The Bertz CT molecular complexity index is 738. The van der Waals surface area contributed by atoms with E-state index in [1.807, 2.05) is 18.2 Å².